The van der Waals surface area contributed by atoms with Crippen LogP contribution in [0.3, 0.4) is 0 Å². The summed E-state index contributed by atoms with van der Waals surface area (Å²) in [7, 11) is 1.55. The monoisotopic (exact) mass is 453 g/mol. The number of benzene rings is 2. The summed E-state index contributed by atoms with van der Waals surface area (Å²) >= 11 is 0. The molecule has 0 bridgehead atoms. The number of ketones is 1. The van der Waals surface area contributed by atoms with Crippen LogP contribution in [0.4, 0.5) is 0 Å². The van der Waals surface area contributed by atoms with Crippen LogP contribution in [-0.2, 0) is 14.3 Å². The molecule has 1 aliphatic rings. The predicted molar refractivity (Wildman–Crippen MR) is 125 cm³/mol. The lowest BCUT2D eigenvalue weighted by Crippen LogP contribution is -2.33. The van der Waals surface area contributed by atoms with Crippen LogP contribution < -0.4 is 9.47 Å². The van der Waals surface area contributed by atoms with Crippen molar-refractivity contribution in [1.29, 1.82) is 0 Å². The minimum Gasteiger partial charge on any atom is -0.507 e. The fourth-order valence-corrected chi connectivity index (χ4v) is 3.80. The third-order valence-electron chi connectivity index (χ3n) is 5.21. The topological polar surface area (TPSA) is 85.3 Å². The van der Waals surface area contributed by atoms with Crippen molar-refractivity contribution in [3.63, 3.8) is 0 Å². The molecule has 0 spiro atoms. The number of ether oxygens (including phenoxy) is 3. The lowest BCUT2D eigenvalue weighted by atomic mass is 9.95. The fourth-order valence-electron chi connectivity index (χ4n) is 3.80. The molecule has 0 saturated carbocycles. The minimum absolute atomic E-state index is 0.0132. The molecular weight excluding hydrogens is 422 g/mol. The summed E-state index contributed by atoms with van der Waals surface area (Å²) in [6, 6.07) is 13.2. The molecule has 1 fully saturated rings. The summed E-state index contributed by atoms with van der Waals surface area (Å²) in [4.78, 5) is 27.6. The number of methoxy groups -OCH3 is 1. The summed E-state index contributed by atoms with van der Waals surface area (Å²) in [6.45, 7) is 8.08. The van der Waals surface area contributed by atoms with Crippen molar-refractivity contribution in [2.24, 2.45) is 0 Å². The number of hydrogen-bond donors (Lipinski definition) is 1. The Hall–Kier alpha value is -3.32. The first kappa shape index (κ1) is 24.3. The maximum atomic E-state index is 13.1. The number of nitrogens with zero attached hydrogens (tertiary/aromatic N) is 1. The number of hydrogen-bond acceptors (Lipinski definition) is 6. The Balaban J connectivity index is 2.10. The summed E-state index contributed by atoms with van der Waals surface area (Å²) in [5.41, 5.74) is 1.09. The van der Waals surface area contributed by atoms with E-state index in [9.17, 15) is 14.7 Å². The first-order valence-corrected chi connectivity index (χ1v) is 11.0. The van der Waals surface area contributed by atoms with Gasteiger partial charge >= 0.3 is 0 Å². The van der Waals surface area contributed by atoms with Gasteiger partial charge in [0.2, 0.25) is 0 Å². The highest BCUT2D eigenvalue weighted by Crippen LogP contribution is 2.40. The Kier molecular flexibility index (Phi) is 7.76. The molecule has 1 heterocycles. The van der Waals surface area contributed by atoms with E-state index in [0.29, 0.717) is 22.6 Å². The van der Waals surface area contributed by atoms with Crippen molar-refractivity contribution in [1.82, 2.24) is 4.90 Å². The van der Waals surface area contributed by atoms with E-state index < -0.39 is 17.7 Å². The van der Waals surface area contributed by atoms with Crippen molar-refractivity contribution in [3.8, 4) is 11.5 Å². The minimum atomic E-state index is -0.773. The van der Waals surface area contributed by atoms with Gasteiger partial charge in [-0.3, -0.25) is 9.59 Å². The van der Waals surface area contributed by atoms with Crippen LogP contribution in [0.2, 0.25) is 0 Å². The molecule has 1 aliphatic heterocycles. The van der Waals surface area contributed by atoms with Crippen LogP contribution >= 0.6 is 0 Å². The maximum Gasteiger partial charge on any atom is 0.295 e. The van der Waals surface area contributed by atoms with Gasteiger partial charge in [-0.05, 0) is 57.5 Å². The summed E-state index contributed by atoms with van der Waals surface area (Å²) in [5.74, 6) is -0.510. The van der Waals surface area contributed by atoms with Crippen molar-refractivity contribution >= 4 is 17.4 Å². The van der Waals surface area contributed by atoms with Crippen LogP contribution in [0.15, 0.2) is 54.1 Å². The molecule has 0 aliphatic carbocycles. The number of aliphatic hydroxyl groups excluding tert-OH is 1. The molecule has 1 amide bonds. The Morgan fingerprint density at radius 2 is 1.70 bits per heavy atom. The average molecular weight is 454 g/mol. The second kappa shape index (κ2) is 10.5. The first-order chi connectivity index (χ1) is 15.7. The van der Waals surface area contributed by atoms with E-state index in [1.54, 1.807) is 55.6 Å². The van der Waals surface area contributed by atoms with Gasteiger partial charge in [-0.2, -0.15) is 0 Å². The Labute approximate surface area is 194 Å². The van der Waals surface area contributed by atoms with Gasteiger partial charge in [0.15, 0.2) is 0 Å². The average Bonchev–Trinajstić information content (AvgIpc) is 3.03. The largest absolute Gasteiger partial charge is 0.507 e. The zero-order chi connectivity index (χ0) is 24.1. The second-order valence-electron chi connectivity index (χ2n) is 8.38. The molecule has 176 valence electrons. The van der Waals surface area contributed by atoms with Crippen LogP contribution in [0.5, 0.6) is 11.5 Å². The molecule has 1 unspecified atom stereocenters. The first-order valence-electron chi connectivity index (χ1n) is 11.0. The molecule has 2 aromatic carbocycles. The standard InChI is InChI=1S/C26H31NO6/c1-16(2)32-13-12-27-23(18-8-6-10-20(14-18)31-5)22(25(29)26(27)30)24(28)19-9-7-11-21(15-19)33-17(3)4/h6-11,14-17,23,28H,12-13H2,1-5H3/b24-22-. The molecule has 1 saturated heterocycles. The highest BCUT2D eigenvalue weighted by molar-refractivity contribution is 6.46. The van der Waals surface area contributed by atoms with Gasteiger partial charge in [-0.25, -0.2) is 0 Å². The summed E-state index contributed by atoms with van der Waals surface area (Å²) in [6.07, 6.45) is -0.0634. The number of carbonyl (C=O) groups excluding carboxylic acids is 2. The van der Waals surface area contributed by atoms with Crippen LogP contribution in [0, 0.1) is 0 Å². The van der Waals surface area contributed by atoms with Gasteiger partial charge in [-0.1, -0.05) is 24.3 Å². The number of Topliss-reactive ketones (excluding diaryl/α,β-unsaturated/α-hetero) is 1. The van der Waals surface area contributed by atoms with Crippen molar-refractivity contribution < 1.29 is 28.9 Å². The molecule has 1 N–H and O–H groups in total. The van der Waals surface area contributed by atoms with Crippen molar-refractivity contribution in [3.05, 3.63) is 65.2 Å². The molecule has 3 rings (SSSR count). The molecule has 7 heteroatoms. The van der Waals surface area contributed by atoms with E-state index in [4.69, 9.17) is 14.2 Å². The molecule has 33 heavy (non-hydrogen) atoms. The van der Waals surface area contributed by atoms with Gasteiger partial charge in [0.05, 0.1) is 37.5 Å². The normalized spacial score (nSPS) is 17.8. The van der Waals surface area contributed by atoms with E-state index in [0.717, 1.165) is 0 Å². The number of carbonyl (C=O) groups is 2. The van der Waals surface area contributed by atoms with Crippen LogP contribution in [0.1, 0.15) is 44.9 Å². The van der Waals surface area contributed by atoms with E-state index in [1.165, 1.54) is 4.90 Å². The molecule has 0 aromatic heterocycles. The zero-order valence-corrected chi connectivity index (χ0v) is 19.7. The van der Waals surface area contributed by atoms with E-state index in [2.05, 4.69) is 0 Å². The van der Waals surface area contributed by atoms with Gasteiger partial charge < -0.3 is 24.2 Å². The van der Waals surface area contributed by atoms with Crippen LogP contribution in [-0.4, -0.2) is 54.2 Å². The quantitative estimate of drug-likeness (QED) is 0.346. The van der Waals surface area contributed by atoms with Gasteiger partial charge in [0, 0.05) is 12.1 Å². The molecule has 1 atom stereocenters. The fraction of sp³-hybridized carbons (Fsp3) is 0.385. The Morgan fingerprint density at radius 3 is 2.36 bits per heavy atom. The SMILES string of the molecule is COc1cccc(C2/C(=C(/O)c3cccc(OC(C)C)c3)C(=O)C(=O)N2CCOC(C)C)c1. The van der Waals surface area contributed by atoms with Crippen molar-refractivity contribution in [2.75, 3.05) is 20.3 Å². The highest BCUT2D eigenvalue weighted by Gasteiger charge is 2.46. The van der Waals surface area contributed by atoms with Crippen molar-refractivity contribution in [2.45, 2.75) is 45.9 Å². The number of aliphatic hydroxyl groups is 1. The summed E-state index contributed by atoms with van der Waals surface area (Å²) in [5, 5.41) is 11.2. The van der Waals surface area contributed by atoms with E-state index in [1.807, 2.05) is 27.7 Å². The van der Waals surface area contributed by atoms with Crippen LogP contribution in [0.25, 0.3) is 5.76 Å². The second-order valence-corrected chi connectivity index (χ2v) is 8.38. The lowest BCUT2D eigenvalue weighted by Gasteiger charge is -2.26. The predicted octanol–water partition coefficient (Wildman–Crippen LogP) is 4.33. The summed E-state index contributed by atoms with van der Waals surface area (Å²) < 4.78 is 16.7. The number of amides is 1. The smallest absolute Gasteiger partial charge is 0.295 e. The molecule has 0 radical (unpaired) electrons. The zero-order valence-electron chi connectivity index (χ0n) is 19.7. The highest BCUT2D eigenvalue weighted by atomic mass is 16.5. The van der Waals surface area contributed by atoms with E-state index >= 15 is 0 Å². The molecular formula is C26H31NO6. The number of likely N-dealkylation sites (tertiary alicyclic amines) is 1. The van der Waals surface area contributed by atoms with Gasteiger partial charge in [0.25, 0.3) is 11.7 Å². The third kappa shape index (κ3) is 5.54. The third-order valence-corrected chi connectivity index (χ3v) is 5.21. The van der Waals surface area contributed by atoms with Gasteiger partial charge in [0.1, 0.15) is 17.3 Å². The Morgan fingerprint density at radius 1 is 1.00 bits per heavy atom. The molecule has 7 nitrogen and oxygen atoms in total. The maximum absolute atomic E-state index is 13.1. The molecule has 2 aromatic rings. The number of rotatable bonds is 9. The van der Waals surface area contributed by atoms with Gasteiger partial charge in [-0.15, -0.1) is 0 Å². The van der Waals surface area contributed by atoms with E-state index in [-0.39, 0.29) is 36.7 Å². The Bertz CT molecular complexity index is 1040. The lowest BCUT2D eigenvalue weighted by molar-refractivity contribution is -0.140.